The van der Waals surface area contributed by atoms with E-state index in [9.17, 15) is 0 Å². The summed E-state index contributed by atoms with van der Waals surface area (Å²) in [4.78, 5) is 14.2. The molecule has 0 unspecified atom stereocenters. The molecule has 172 valence electrons. The minimum atomic E-state index is 0.833. The van der Waals surface area contributed by atoms with Gasteiger partial charge in [0.2, 0.25) is 0 Å². The van der Waals surface area contributed by atoms with Crippen LogP contribution in [0.1, 0.15) is 0 Å². The molecule has 6 aromatic rings. The Labute approximate surface area is 210 Å². The Morgan fingerprint density at radius 3 is 0.889 bits per heavy atom. The number of fused-ring (bicyclic) bond motifs is 1. The summed E-state index contributed by atoms with van der Waals surface area (Å²) in [6.45, 7) is 0. The number of hydrogen-bond acceptors (Lipinski definition) is 4. The average molecular weight is 465 g/mol. The molecule has 0 fully saturated rings. The van der Waals surface area contributed by atoms with E-state index in [0.29, 0.717) is 0 Å². The van der Waals surface area contributed by atoms with E-state index in [1.54, 1.807) is 12.4 Å². The van der Waals surface area contributed by atoms with Gasteiger partial charge >= 0.3 is 0 Å². The lowest BCUT2D eigenvalue weighted by Gasteiger charge is -2.29. The normalized spacial score (nSPS) is 10.8. The van der Waals surface area contributed by atoms with Crippen LogP contribution in [0.3, 0.4) is 0 Å². The Bertz CT molecular complexity index is 1370. The van der Waals surface area contributed by atoms with Crippen molar-refractivity contribution in [1.29, 1.82) is 0 Å². The summed E-state index contributed by atoms with van der Waals surface area (Å²) in [6.07, 6.45) is 3.53. The van der Waals surface area contributed by atoms with Gasteiger partial charge in [-0.05, 0) is 60.7 Å². The van der Waals surface area contributed by atoms with E-state index in [1.165, 1.54) is 0 Å². The molecule has 0 saturated heterocycles. The van der Waals surface area contributed by atoms with Crippen LogP contribution in [0.4, 0.5) is 34.1 Å². The number of anilines is 6. The van der Waals surface area contributed by atoms with Gasteiger partial charge in [-0.15, -0.1) is 0 Å². The number of nitrogens with zero attached hydrogens (tertiary/aromatic N) is 4. The number of rotatable bonds is 6. The molecule has 0 aliphatic carbocycles. The van der Waals surface area contributed by atoms with E-state index in [-0.39, 0.29) is 0 Å². The van der Waals surface area contributed by atoms with E-state index in [1.807, 2.05) is 24.3 Å². The van der Waals surface area contributed by atoms with E-state index < -0.39 is 0 Å². The highest BCUT2D eigenvalue weighted by Crippen LogP contribution is 2.43. The SMILES string of the molecule is c1ccc(N(c2ccccc2)c2ccc(N(c3ccccc3)c3ccccc3)c3nccnc23)cc1. The van der Waals surface area contributed by atoms with E-state index in [4.69, 9.17) is 9.97 Å². The molecule has 4 heteroatoms. The maximum Gasteiger partial charge on any atom is 0.115 e. The molecule has 1 heterocycles. The molecule has 0 atom stereocenters. The Balaban J connectivity index is 1.60. The fourth-order valence-corrected chi connectivity index (χ4v) is 4.55. The zero-order chi connectivity index (χ0) is 24.2. The smallest absolute Gasteiger partial charge is 0.115 e. The topological polar surface area (TPSA) is 32.3 Å². The number of para-hydroxylation sites is 4. The van der Waals surface area contributed by atoms with Gasteiger partial charge in [0.05, 0.1) is 11.4 Å². The van der Waals surface area contributed by atoms with Crippen molar-refractivity contribution in [2.45, 2.75) is 0 Å². The summed E-state index contributed by atoms with van der Waals surface area (Å²) in [5, 5.41) is 0. The number of hydrogen-bond donors (Lipinski definition) is 0. The molecule has 36 heavy (non-hydrogen) atoms. The Morgan fingerprint density at radius 2 is 0.611 bits per heavy atom. The van der Waals surface area contributed by atoms with Crippen molar-refractivity contribution in [1.82, 2.24) is 9.97 Å². The highest BCUT2D eigenvalue weighted by Gasteiger charge is 2.21. The predicted molar refractivity (Wildman–Crippen MR) is 149 cm³/mol. The van der Waals surface area contributed by atoms with Crippen molar-refractivity contribution in [3.8, 4) is 0 Å². The molecule has 0 amide bonds. The largest absolute Gasteiger partial charge is 0.308 e. The lowest BCUT2D eigenvalue weighted by Crippen LogP contribution is -2.14. The summed E-state index contributed by atoms with van der Waals surface area (Å²) < 4.78 is 0. The molecule has 0 N–H and O–H groups in total. The predicted octanol–water partition coefficient (Wildman–Crippen LogP) is 8.57. The van der Waals surface area contributed by atoms with Crippen LogP contribution in [0.2, 0.25) is 0 Å². The first kappa shape index (κ1) is 21.6. The van der Waals surface area contributed by atoms with Gasteiger partial charge in [-0.25, -0.2) is 0 Å². The lowest BCUT2D eigenvalue weighted by atomic mass is 10.1. The molecule has 4 nitrogen and oxygen atoms in total. The standard InChI is InChI=1S/C32H24N4/c1-5-13-25(14-6-1)35(26-15-7-2-8-16-26)29-21-22-30(32-31(29)33-23-24-34-32)36(27-17-9-3-10-18-27)28-19-11-4-12-20-28/h1-24H. The summed E-state index contributed by atoms with van der Waals surface area (Å²) in [6, 6.07) is 45.8. The second-order valence-electron chi connectivity index (χ2n) is 8.37. The van der Waals surface area contributed by atoms with Crippen molar-refractivity contribution < 1.29 is 0 Å². The third kappa shape index (κ3) is 4.05. The zero-order valence-corrected chi connectivity index (χ0v) is 19.6. The third-order valence-electron chi connectivity index (χ3n) is 6.12. The minimum absolute atomic E-state index is 0.833. The second kappa shape index (κ2) is 9.72. The van der Waals surface area contributed by atoms with Crippen molar-refractivity contribution in [3.05, 3.63) is 146 Å². The van der Waals surface area contributed by atoms with E-state index >= 15 is 0 Å². The van der Waals surface area contributed by atoms with Gasteiger partial charge < -0.3 is 9.80 Å². The van der Waals surface area contributed by atoms with Gasteiger partial charge in [0.25, 0.3) is 0 Å². The van der Waals surface area contributed by atoms with Gasteiger partial charge in [-0.3, -0.25) is 9.97 Å². The monoisotopic (exact) mass is 464 g/mol. The highest BCUT2D eigenvalue weighted by atomic mass is 15.2. The molecule has 6 rings (SSSR count). The fraction of sp³-hybridized carbons (Fsp3) is 0. The fourth-order valence-electron chi connectivity index (χ4n) is 4.55. The lowest BCUT2D eigenvalue weighted by molar-refractivity contribution is 1.22. The first-order valence-corrected chi connectivity index (χ1v) is 11.9. The molecule has 0 aliphatic heterocycles. The van der Waals surface area contributed by atoms with Crippen LogP contribution < -0.4 is 9.80 Å². The van der Waals surface area contributed by atoms with Crippen LogP contribution in [-0.4, -0.2) is 9.97 Å². The van der Waals surface area contributed by atoms with Gasteiger partial charge in [0, 0.05) is 35.1 Å². The second-order valence-corrected chi connectivity index (χ2v) is 8.37. The summed E-state index contributed by atoms with van der Waals surface area (Å²) >= 11 is 0. The van der Waals surface area contributed by atoms with Crippen LogP contribution >= 0.6 is 0 Å². The quantitative estimate of drug-likeness (QED) is 0.247. The maximum atomic E-state index is 4.85. The van der Waals surface area contributed by atoms with Crippen molar-refractivity contribution in [2.24, 2.45) is 0 Å². The zero-order valence-electron chi connectivity index (χ0n) is 19.6. The van der Waals surface area contributed by atoms with Crippen LogP contribution in [0, 0.1) is 0 Å². The first-order chi connectivity index (χ1) is 17.9. The number of benzene rings is 5. The molecular weight excluding hydrogens is 440 g/mol. The molecule has 5 aromatic carbocycles. The van der Waals surface area contributed by atoms with Gasteiger partial charge in [0.15, 0.2) is 0 Å². The Morgan fingerprint density at radius 1 is 0.333 bits per heavy atom. The van der Waals surface area contributed by atoms with Crippen LogP contribution in [-0.2, 0) is 0 Å². The molecular formula is C32H24N4. The minimum Gasteiger partial charge on any atom is -0.308 e. The van der Waals surface area contributed by atoms with Crippen LogP contribution in [0.25, 0.3) is 11.0 Å². The molecule has 0 saturated carbocycles. The maximum absolute atomic E-state index is 4.85. The van der Waals surface area contributed by atoms with Crippen molar-refractivity contribution in [3.63, 3.8) is 0 Å². The Hall–Kier alpha value is -4.96. The molecule has 0 bridgehead atoms. The van der Waals surface area contributed by atoms with Crippen molar-refractivity contribution >= 4 is 45.2 Å². The molecule has 1 aromatic heterocycles. The van der Waals surface area contributed by atoms with Gasteiger partial charge in [-0.1, -0.05) is 72.8 Å². The van der Waals surface area contributed by atoms with Crippen LogP contribution in [0.5, 0.6) is 0 Å². The average Bonchev–Trinajstić information content (AvgIpc) is 2.97. The third-order valence-corrected chi connectivity index (χ3v) is 6.12. The van der Waals surface area contributed by atoms with E-state index in [0.717, 1.165) is 45.2 Å². The molecule has 0 aliphatic rings. The molecule has 0 radical (unpaired) electrons. The Kier molecular flexibility index (Phi) is 5.83. The van der Waals surface area contributed by atoms with Gasteiger partial charge in [-0.2, -0.15) is 0 Å². The summed E-state index contributed by atoms with van der Waals surface area (Å²) in [5.74, 6) is 0. The summed E-state index contributed by atoms with van der Waals surface area (Å²) in [5.41, 5.74) is 7.86. The summed E-state index contributed by atoms with van der Waals surface area (Å²) in [7, 11) is 0. The molecule has 0 spiro atoms. The number of aromatic nitrogens is 2. The van der Waals surface area contributed by atoms with Gasteiger partial charge in [0.1, 0.15) is 11.0 Å². The first-order valence-electron chi connectivity index (χ1n) is 11.9. The van der Waals surface area contributed by atoms with E-state index in [2.05, 4.69) is 119 Å². The van der Waals surface area contributed by atoms with Crippen LogP contribution in [0.15, 0.2) is 146 Å². The van der Waals surface area contributed by atoms with Crippen molar-refractivity contribution in [2.75, 3.05) is 9.80 Å². The highest BCUT2D eigenvalue weighted by molar-refractivity contribution is 6.03.